The summed E-state index contributed by atoms with van der Waals surface area (Å²) < 4.78 is 36.4. The van der Waals surface area contributed by atoms with Crippen LogP contribution in [0.25, 0.3) is 17.2 Å². The molecule has 0 amide bonds. The molecule has 1 aliphatic heterocycles. The number of hydrogen-bond acceptors (Lipinski definition) is 6. The molecule has 36 heavy (non-hydrogen) atoms. The second kappa shape index (κ2) is 8.98. The van der Waals surface area contributed by atoms with E-state index in [2.05, 4.69) is 11.1 Å². The summed E-state index contributed by atoms with van der Waals surface area (Å²) in [6.45, 7) is 4.95. The molecule has 0 radical (unpaired) electrons. The number of alkyl halides is 2. The highest BCUT2D eigenvalue weighted by molar-refractivity contribution is 5.87. The summed E-state index contributed by atoms with van der Waals surface area (Å²) in [5, 5.41) is 16.8. The van der Waals surface area contributed by atoms with Crippen LogP contribution in [0.3, 0.4) is 0 Å². The minimum Gasteiger partial charge on any atom is -0.461 e. The highest BCUT2D eigenvalue weighted by atomic mass is 19.3. The number of carbonyl (C=O) groups excluding carboxylic acids is 1. The van der Waals surface area contributed by atoms with Gasteiger partial charge in [-0.25, -0.2) is 8.78 Å². The molecule has 8 heteroatoms. The van der Waals surface area contributed by atoms with E-state index in [0.717, 1.165) is 17.3 Å². The normalized spacial score (nSPS) is 31.5. The summed E-state index contributed by atoms with van der Waals surface area (Å²) in [5.41, 5.74) is 5.90. The highest BCUT2D eigenvalue weighted by Crippen LogP contribution is 2.68. The fourth-order valence-electron chi connectivity index (χ4n) is 5.89. The van der Waals surface area contributed by atoms with Gasteiger partial charge in [-0.2, -0.15) is 5.26 Å². The number of allylic oxidation sites excluding steroid dienone is 2. The van der Waals surface area contributed by atoms with Gasteiger partial charge in [0.05, 0.1) is 17.3 Å². The van der Waals surface area contributed by atoms with E-state index >= 15 is 8.78 Å². The van der Waals surface area contributed by atoms with E-state index in [1.165, 1.54) is 13.0 Å². The minimum absolute atomic E-state index is 0.0852. The van der Waals surface area contributed by atoms with Crippen LogP contribution in [-0.2, 0) is 9.53 Å². The molecule has 4 rings (SSSR count). The first-order valence-corrected chi connectivity index (χ1v) is 11.7. The molecule has 1 aromatic heterocycles. The molecule has 1 aromatic carbocycles. The maximum absolute atomic E-state index is 15.4. The number of ether oxygens (including phenoxy) is 1. The van der Waals surface area contributed by atoms with E-state index < -0.39 is 47.1 Å². The molecule has 3 N–H and O–H groups in total. The molecular weight excluding hydrogens is 462 g/mol. The van der Waals surface area contributed by atoms with Crippen LogP contribution < -0.4 is 5.73 Å². The Morgan fingerprint density at radius 2 is 2.00 bits per heavy atom. The Kier molecular flexibility index (Phi) is 6.29. The number of hydrogen-bond donors (Lipinski definition) is 2. The van der Waals surface area contributed by atoms with Crippen LogP contribution in [0.4, 0.5) is 8.78 Å². The fraction of sp³-hybridized carbons (Fsp3) is 0.357. The first kappa shape index (κ1) is 25.2. The Morgan fingerprint density at radius 1 is 1.28 bits per heavy atom. The standard InChI is InChI=1S/C28H28F2N4O2/c1-17-23(11-10-21-9-8-20(15-34-21)22-7-5-4-6-19(22)14-32)26(3)18(2)36-25(35)27(26,16-28(17,29)30)24(33)12-13-31/h4-13,15,17-18,23,31H,16,33H2,1-3H3/b11-10+,24-12?,31-13?/t17-,18+,23-,26-,27+/m0/s1. The number of esters is 1. The van der Waals surface area contributed by atoms with Crippen molar-refractivity contribution in [1.29, 1.82) is 10.7 Å². The quantitative estimate of drug-likeness (QED) is 0.433. The summed E-state index contributed by atoms with van der Waals surface area (Å²) in [6.07, 6.45) is 5.64. The van der Waals surface area contributed by atoms with Crippen LogP contribution in [0.1, 0.15) is 38.4 Å². The molecule has 5 atom stereocenters. The monoisotopic (exact) mass is 490 g/mol. The largest absolute Gasteiger partial charge is 0.461 e. The highest BCUT2D eigenvalue weighted by Gasteiger charge is 2.75. The van der Waals surface area contributed by atoms with Crippen LogP contribution in [0.15, 0.2) is 60.4 Å². The SMILES string of the molecule is C[C@H]1[C@H](/C=C/c2ccc(-c3ccccc3C#N)cn2)[C@]2(C)[C@@H](C)OC(=O)[C@]2(C(N)=CC=N)CC1(F)F. The van der Waals surface area contributed by atoms with Gasteiger partial charge in [-0.1, -0.05) is 44.2 Å². The summed E-state index contributed by atoms with van der Waals surface area (Å²) in [4.78, 5) is 17.5. The molecule has 6 nitrogen and oxygen atoms in total. The first-order chi connectivity index (χ1) is 17.0. The number of nitrogens with one attached hydrogen (secondary N) is 1. The lowest BCUT2D eigenvalue weighted by atomic mass is 9.47. The second-order valence-electron chi connectivity index (χ2n) is 9.76. The number of benzene rings is 1. The van der Waals surface area contributed by atoms with Gasteiger partial charge >= 0.3 is 5.97 Å². The molecule has 0 bridgehead atoms. The lowest BCUT2D eigenvalue weighted by Gasteiger charge is -2.54. The zero-order valence-electron chi connectivity index (χ0n) is 20.3. The number of nitrogens with two attached hydrogens (primary N) is 1. The topological polar surface area (TPSA) is 113 Å². The molecule has 2 heterocycles. The summed E-state index contributed by atoms with van der Waals surface area (Å²) >= 11 is 0. The smallest absolute Gasteiger partial charge is 0.319 e. The molecule has 0 spiro atoms. The number of nitriles is 1. The zero-order valence-corrected chi connectivity index (χ0v) is 20.3. The second-order valence-corrected chi connectivity index (χ2v) is 9.76. The number of aromatic nitrogens is 1. The molecular formula is C28H28F2N4O2. The summed E-state index contributed by atoms with van der Waals surface area (Å²) in [7, 11) is 0. The maximum atomic E-state index is 15.4. The number of carbonyl (C=O) groups is 1. The third-order valence-corrected chi connectivity index (χ3v) is 8.17. The average Bonchev–Trinajstić information content (AvgIpc) is 3.05. The summed E-state index contributed by atoms with van der Waals surface area (Å²) in [5.74, 6) is -5.85. The Labute approximate surface area is 209 Å². The first-order valence-electron chi connectivity index (χ1n) is 11.7. The third-order valence-electron chi connectivity index (χ3n) is 8.17. The zero-order chi connectivity index (χ0) is 26.3. The van der Waals surface area contributed by atoms with Gasteiger partial charge < -0.3 is 15.9 Å². The van der Waals surface area contributed by atoms with E-state index in [1.807, 2.05) is 18.2 Å². The minimum atomic E-state index is -3.20. The summed E-state index contributed by atoms with van der Waals surface area (Å²) in [6, 6.07) is 12.9. The molecule has 2 aliphatic rings. The lowest BCUT2D eigenvalue weighted by Crippen LogP contribution is -2.61. The van der Waals surface area contributed by atoms with Crippen molar-refractivity contribution in [2.45, 2.75) is 39.2 Å². The van der Waals surface area contributed by atoms with Crippen molar-refractivity contribution in [2.75, 3.05) is 0 Å². The van der Waals surface area contributed by atoms with E-state index in [1.54, 1.807) is 50.4 Å². The number of cyclic esters (lactones) is 1. The Bertz CT molecular complexity index is 1300. The van der Waals surface area contributed by atoms with E-state index in [0.29, 0.717) is 11.3 Å². The average molecular weight is 491 g/mol. The van der Waals surface area contributed by atoms with Gasteiger partial charge in [0.15, 0.2) is 0 Å². The molecule has 1 aliphatic carbocycles. The van der Waals surface area contributed by atoms with Gasteiger partial charge in [0.25, 0.3) is 5.92 Å². The lowest BCUT2D eigenvalue weighted by molar-refractivity contribution is -0.182. The van der Waals surface area contributed by atoms with Gasteiger partial charge in [0, 0.05) is 47.0 Å². The van der Waals surface area contributed by atoms with E-state index in [4.69, 9.17) is 15.9 Å². The number of fused-ring (bicyclic) bond motifs is 1. The third kappa shape index (κ3) is 3.62. The van der Waals surface area contributed by atoms with Gasteiger partial charge in [0.2, 0.25) is 0 Å². The molecule has 1 saturated carbocycles. The van der Waals surface area contributed by atoms with Crippen molar-refractivity contribution in [3.8, 4) is 17.2 Å². The molecule has 186 valence electrons. The van der Waals surface area contributed by atoms with E-state index in [9.17, 15) is 10.1 Å². The molecule has 2 fully saturated rings. The van der Waals surface area contributed by atoms with Crippen LogP contribution in [-0.4, -0.2) is 29.2 Å². The van der Waals surface area contributed by atoms with Gasteiger partial charge in [-0.05, 0) is 37.1 Å². The van der Waals surface area contributed by atoms with Crippen molar-refractivity contribution in [3.63, 3.8) is 0 Å². The number of nitrogens with zero attached hydrogens (tertiary/aromatic N) is 2. The number of halogens is 2. The van der Waals surface area contributed by atoms with Gasteiger partial charge in [-0.15, -0.1) is 0 Å². The number of pyridine rings is 1. The Morgan fingerprint density at radius 3 is 2.64 bits per heavy atom. The van der Waals surface area contributed by atoms with Crippen LogP contribution in [0.2, 0.25) is 0 Å². The van der Waals surface area contributed by atoms with Crippen LogP contribution in [0.5, 0.6) is 0 Å². The van der Waals surface area contributed by atoms with Crippen molar-refractivity contribution < 1.29 is 18.3 Å². The number of rotatable bonds is 5. The van der Waals surface area contributed by atoms with Gasteiger partial charge in [0.1, 0.15) is 11.5 Å². The van der Waals surface area contributed by atoms with Crippen molar-refractivity contribution >= 4 is 18.3 Å². The fourth-order valence-corrected chi connectivity index (χ4v) is 5.89. The van der Waals surface area contributed by atoms with Crippen molar-refractivity contribution in [3.05, 3.63) is 71.7 Å². The Hall–Kier alpha value is -3.86. The Balaban J connectivity index is 1.75. The molecule has 2 aromatic rings. The van der Waals surface area contributed by atoms with E-state index in [-0.39, 0.29) is 5.70 Å². The molecule has 1 saturated heterocycles. The maximum Gasteiger partial charge on any atom is 0.319 e. The molecule has 0 unspecified atom stereocenters. The van der Waals surface area contributed by atoms with Crippen LogP contribution in [0, 0.1) is 39.4 Å². The van der Waals surface area contributed by atoms with Crippen molar-refractivity contribution in [2.24, 2.45) is 28.4 Å². The van der Waals surface area contributed by atoms with Crippen LogP contribution >= 0.6 is 0 Å². The predicted molar refractivity (Wildman–Crippen MR) is 133 cm³/mol. The van der Waals surface area contributed by atoms with Gasteiger partial charge in [-0.3, -0.25) is 9.78 Å². The predicted octanol–water partition coefficient (Wildman–Crippen LogP) is 5.35. The van der Waals surface area contributed by atoms with Crippen molar-refractivity contribution in [1.82, 2.24) is 4.98 Å².